The van der Waals surface area contributed by atoms with Crippen molar-refractivity contribution in [1.29, 1.82) is 0 Å². The average Bonchev–Trinajstić information content (AvgIpc) is 3.76. The Bertz CT molecular complexity index is 1380. The molecule has 5 rings (SSSR count). The van der Waals surface area contributed by atoms with Crippen molar-refractivity contribution in [1.82, 2.24) is 9.62 Å². The molecule has 8 nitrogen and oxygen atoms in total. The number of carboxylic acids is 1. The predicted molar refractivity (Wildman–Crippen MR) is 153 cm³/mol. The standard InChI is InChI=1S/C29H34Cl2N2O6S/c1-28(18-26(34)35)16-24(19-3-2-4-23(31)15-19)25(32-27(28)36)17-29(20-5-6-20,21-7-9-22(30)10-8-21)40(37,38)33-11-13-39-14-12-33/h2-4,7-10,15,20,24-25H,5-6,11-14,16-18H2,1H3,(H,32,36)(H,34,35)/t24-,25+,28+,29+/m1/s1. The second-order valence-electron chi connectivity index (χ2n) is 11.5. The maximum Gasteiger partial charge on any atom is 0.304 e. The van der Waals surface area contributed by atoms with Crippen LogP contribution in [0.4, 0.5) is 0 Å². The molecule has 216 valence electrons. The van der Waals surface area contributed by atoms with Gasteiger partial charge in [0.25, 0.3) is 0 Å². The first kappa shape index (κ1) is 29.3. The van der Waals surface area contributed by atoms with Crippen molar-refractivity contribution in [3.8, 4) is 0 Å². The van der Waals surface area contributed by atoms with E-state index in [9.17, 15) is 23.1 Å². The lowest BCUT2D eigenvalue weighted by molar-refractivity contribution is -0.147. The minimum Gasteiger partial charge on any atom is -0.481 e. The van der Waals surface area contributed by atoms with E-state index >= 15 is 0 Å². The zero-order valence-corrected chi connectivity index (χ0v) is 24.6. The molecule has 2 heterocycles. The quantitative estimate of drug-likeness (QED) is 0.422. The Balaban J connectivity index is 1.64. The minimum absolute atomic E-state index is 0.130. The number of aliphatic carboxylic acids is 1. The highest BCUT2D eigenvalue weighted by atomic mass is 35.5. The molecule has 0 unspecified atom stereocenters. The van der Waals surface area contributed by atoms with Crippen LogP contribution in [0.5, 0.6) is 0 Å². The highest BCUT2D eigenvalue weighted by molar-refractivity contribution is 7.90. The molecule has 2 aromatic carbocycles. The summed E-state index contributed by atoms with van der Waals surface area (Å²) in [6, 6.07) is 13.7. The van der Waals surface area contributed by atoms with Crippen molar-refractivity contribution in [2.45, 2.75) is 55.7 Å². The highest BCUT2D eigenvalue weighted by Gasteiger charge is 2.60. The molecule has 2 saturated heterocycles. The van der Waals surface area contributed by atoms with Crippen LogP contribution in [0.1, 0.15) is 56.1 Å². The smallest absolute Gasteiger partial charge is 0.304 e. The van der Waals surface area contributed by atoms with Gasteiger partial charge in [-0.15, -0.1) is 0 Å². The summed E-state index contributed by atoms with van der Waals surface area (Å²) in [5, 5.41) is 13.7. The second-order valence-corrected chi connectivity index (χ2v) is 14.5. The number of nitrogens with one attached hydrogen (secondary N) is 1. The summed E-state index contributed by atoms with van der Waals surface area (Å²) < 4.78 is 35.1. The van der Waals surface area contributed by atoms with Gasteiger partial charge in [0.15, 0.2) is 0 Å². The molecule has 40 heavy (non-hydrogen) atoms. The number of hydrogen-bond acceptors (Lipinski definition) is 5. The number of rotatable bonds is 9. The Morgan fingerprint density at radius 2 is 1.80 bits per heavy atom. The van der Waals surface area contributed by atoms with Gasteiger partial charge in [-0.3, -0.25) is 9.59 Å². The zero-order chi connectivity index (χ0) is 28.7. The third-order valence-corrected chi connectivity index (χ3v) is 11.9. The number of benzene rings is 2. The molecule has 2 aliphatic heterocycles. The molecule has 0 radical (unpaired) electrons. The highest BCUT2D eigenvalue weighted by Crippen LogP contribution is 2.56. The van der Waals surface area contributed by atoms with Gasteiger partial charge in [-0.1, -0.05) is 54.4 Å². The zero-order valence-electron chi connectivity index (χ0n) is 22.3. The van der Waals surface area contributed by atoms with Crippen LogP contribution >= 0.6 is 23.2 Å². The number of ether oxygens (including phenoxy) is 1. The van der Waals surface area contributed by atoms with Crippen LogP contribution < -0.4 is 5.32 Å². The topological polar surface area (TPSA) is 113 Å². The van der Waals surface area contributed by atoms with Crippen molar-refractivity contribution < 1.29 is 27.9 Å². The van der Waals surface area contributed by atoms with E-state index in [1.807, 2.05) is 18.2 Å². The Hall–Kier alpha value is -2.17. The molecule has 1 amide bonds. The predicted octanol–water partition coefficient (Wildman–Crippen LogP) is 4.80. The summed E-state index contributed by atoms with van der Waals surface area (Å²) in [6.45, 7) is 2.81. The number of sulfonamides is 1. The van der Waals surface area contributed by atoms with Gasteiger partial charge in [-0.25, -0.2) is 8.42 Å². The molecule has 1 saturated carbocycles. The maximum absolute atomic E-state index is 14.7. The summed E-state index contributed by atoms with van der Waals surface area (Å²) in [4.78, 5) is 25.3. The minimum atomic E-state index is -3.93. The number of nitrogens with zero attached hydrogens (tertiary/aromatic N) is 1. The van der Waals surface area contributed by atoms with Gasteiger partial charge in [-0.05, 0) is 67.0 Å². The number of carbonyl (C=O) groups is 2. The van der Waals surface area contributed by atoms with Crippen LogP contribution in [0.2, 0.25) is 10.0 Å². The summed E-state index contributed by atoms with van der Waals surface area (Å²) in [6.07, 6.45) is 1.52. The van der Waals surface area contributed by atoms with Gasteiger partial charge in [0.1, 0.15) is 4.75 Å². The first-order chi connectivity index (χ1) is 19.0. The van der Waals surface area contributed by atoms with Crippen molar-refractivity contribution in [2.75, 3.05) is 26.3 Å². The SMILES string of the molecule is C[C@@]1(CC(=O)O)C[C@H](c2cccc(Cl)c2)[C@H](C[C@@](c2ccc(Cl)cc2)(C2CC2)S(=O)(=O)N2CCOCC2)NC1=O. The van der Waals surface area contributed by atoms with Gasteiger partial charge in [0.05, 0.1) is 25.0 Å². The number of amides is 1. The van der Waals surface area contributed by atoms with Gasteiger partial charge in [0.2, 0.25) is 15.9 Å². The second kappa shape index (κ2) is 11.2. The first-order valence-corrected chi connectivity index (χ1v) is 15.8. The molecule has 0 bridgehead atoms. The van der Waals surface area contributed by atoms with Crippen molar-refractivity contribution in [3.05, 3.63) is 69.7 Å². The van der Waals surface area contributed by atoms with Crippen LogP contribution in [-0.2, 0) is 29.1 Å². The molecular weight excluding hydrogens is 575 g/mol. The van der Waals surface area contributed by atoms with Gasteiger partial charge in [-0.2, -0.15) is 4.31 Å². The number of carbonyl (C=O) groups excluding carboxylic acids is 1. The lowest BCUT2D eigenvalue weighted by Gasteiger charge is -2.47. The third kappa shape index (κ3) is 5.51. The Morgan fingerprint density at radius 3 is 2.40 bits per heavy atom. The molecule has 3 fully saturated rings. The number of piperidine rings is 1. The molecule has 1 aliphatic carbocycles. The lowest BCUT2D eigenvalue weighted by Crippen LogP contribution is -2.59. The van der Waals surface area contributed by atoms with Gasteiger partial charge >= 0.3 is 5.97 Å². The van der Waals surface area contributed by atoms with Crippen LogP contribution in [0.15, 0.2) is 48.5 Å². The number of morpholine rings is 1. The fraction of sp³-hybridized carbons (Fsp3) is 0.517. The maximum atomic E-state index is 14.7. The van der Waals surface area contributed by atoms with Crippen molar-refractivity contribution >= 4 is 45.1 Å². The number of halogens is 2. The van der Waals surface area contributed by atoms with Crippen LogP contribution in [0, 0.1) is 11.3 Å². The van der Waals surface area contributed by atoms with Crippen LogP contribution in [0.3, 0.4) is 0 Å². The van der Waals surface area contributed by atoms with E-state index in [1.165, 1.54) is 4.31 Å². The van der Waals surface area contributed by atoms with E-state index in [4.69, 9.17) is 27.9 Å². The fourth-order valence-corrected chi connectivity index (χ4v) is 9.44. The molecule has 2 N–H and O–H groups in total. The Kier molecular flexibility index (Phi) is 8.25. The lowest BCUT2D eigenvalue weighted by atomic mass is 9.67. The van der Waals surface area contributed by atoms with E-state index < -0.39 is 32.2 Å². The van der Waals surface area contributed by atoms with E-state index in [-0.39, 0.29) is 50.1 Å². The summed E-state index contributed by atoms with van der Waals surface area (Å²) >= 11 is 12.6. The van der Waals surface area contributed by atoms with Gasteiger partial charge < -0.3 is 15.2 Å². The van der Waals surface area contributed by atoms with E-state index in [1.54, 1.807) is 37.3 Å². The third-order valence-electron chi connectivity index (χ3n) is 8.70. The molecule has 3 aliphatic rings. The molecule has 11 heteroatoms. The number of carboxylic acid groups (broad SMARTS) is 1. The molecule has 4 atom stereocenters. The summed E-state index contributed by atoms with van der Waals surface area (Å²) in [5.41, 5.74) is 0.309. The molecule has 2 aromatic rings. The van der Waals surface area contributed by atoms with E-state index in [0.29, 0.717) is 28.8 Å². The first-order valence-electron chi connectivity index (χ1n) is 13.6. The molecule has 0 aromatic heterocycles. The van der Waals surface area contributed by atoms with E-state index in [0.717, 1.165) is 18.4 Å². The summed E-state index contributed by atoms with van der Waals surface area (Å²) in [7, 11) is -3.93. The monoisotopic (exact) mass is 608 g/mol. The largest absolute Gasteiger partial charge is 0.481 e. The van der Waals surface area contributed by atoms with Crippen LogP contribution in [0.25, 0.3) is 0 Å². The summed E-state index contributed by atoms with van der Waals surface area (Å²) in [5.74, 6) is -1.95. The fourth-order valence-electron chi connectivity index (χ4n) is 6.54. The van der Waals surface area contributed by atoms with Crippen molar-refractivity contribution in [2.24, 2.45) is 11.3 Å². The molecule has 0 spiro atoms. The van der Waals surface area contributed by atoms with E-state index in [2.05, 4.69) is 5.32 Å². The van der Waals surface area contributed by atoms with Gasteiger partial charge in [0, 0.05) is 35.1 Å². The number of hydrogen-bond donors (Lipinski definition) is 2. The Labute approximate surface area is 245 Å². The Morgan fingerprint density at radius 1 is 1.12 bits per heavy atom. The molecular formula is C29H34Cl2N2O6S. The van der Waals surface area contributed by atoms with Crippen molar-refractivity contribution in [3.63, 3.8) is 0 Å². The average molecular weight is 610 g/mol. The normalized spacial score (nSPS) is 27.5. The van der Waals surface area contributed by atoms with Crippen LogP contribution in [-0.4, -0.2) is 62.1 Å².